The van der Waals surface area contributed by atoms with Gasteiger partial charge in [-0.15, -0.1) is 0 Å². The molecule has 0 saturated carbocycles. The molecule has 28 heavy (non-hydrogen) atoms. The fourth-order valence-electron chi connectivity index (χ4n) is 3.99. The lowest BCUT2D eigenvalue weighted by Gasteiger charge is -2.29. The number of carbonyl (C=O) groups excluding carboxylic acids is 1. The van der Waals surface area contributed by atoms with Crippen LogP contribution in [0.15, 0.2) is 47.7 Å². The molecular formula is C21H22N6O. The number of hydrogen-bond donors (Lipinski definition) is 1. The summed E-state index contributed by atoms with van der Waals surface area (Å²) < 4.78 is 1.98. The van der Waals surface area contributed by atoms with Crippen molar-refractivity contribution in [3.05, 3.63) is 53.9 Å². The Morgan fingerprint density at radius 3 is 2.82 bits per heavy atom. The predicted octanol–water partition coefficient (Wildman–Crippen LogP) is 2.59. The Bertz CT molecular complexity index is 1100. The molecule has 2 aliphatic rings. The molecule has 1 fully saturated rings. The molecule has 0 bridgehead atoms. The van der Waals surface area contributed by atoms with Crippen LogP contribution in [-0.4, -0.2) is 40.1 Å². The number of anilines is 2. The van der Waals surface area contributed by atoms with Crippen LogP contribution in [0.3, 0.4) is 0 Å². The fourth-order valence-corrected chi connectivity index (χ4v) is 3.99. The first-order valence-electron chi connectivity index (χ1n) is 9.82. The zero-order valence-corrected chi connectivity index (χ0v) is 15.6. The van der Waals surface area contributed by atoms with Gasteiger partial charge in [-0.25, -0.2) is 4.98 Å². The zero-order chi connectivity index (χ0) is 18.9. The molecule has 5 rings (SSSR count). The Morgan fingerprint density at radius 2 is 2.00 bits per heavy atom. The summed E-state index contributed by atoms with van der Waals surface area (Å²) in [6, 6.07) is 9.88. The van der Waals surface area contributed by atoms with Crippen molar-refractivity contribution in [2.45, 2.75) is 25.8 Å². The van der Waals surface area contributed by atoms with Crippen LogP contribution in [-0.2, 0) is 6.54 Å². The Labute approximate surface area is 162 Å². The number of aromatic nitrogens is 3. The molecule has 0 atom stereocenters. The number of piperidine rings is 1. The normalized spacial score (nSPS) is 16.9. The second-order valence-corrected chi connectivity index (χ2v) is 7.25. The summed E-state index contributed by atoms with van der Waals surface area (Å²) in [6.45, 7) is 3.71. The number of amides is 1. The summed E-state index contributed by atoms with van der Waals surface area (Å²) in [5.41, 5.74) is 2.96. The molecule has 1 aromatic carbocycles. The maximum absolute atomic E-state index is 12.6. The van der Waals surface area contributed by atoms with Crippen molar-refractivity contribution in [3.63, 3.8) is 0 Å². The molecule has 4 heterocycles. The molecule has 0 spiro atoms. The fraction of sp³-hybridized carbons (Fsp3) is 0.333. The number of hydrogen-bond acceptors (Lipinski definition) is 5. The van der Waals surface area contributed by atoms with Crippen LogP contribution >= 0.6 is 0 Å². The van der Waals surface area contributed by atoms with Gasteiger partial charge in [0.25, 0.3) is 5.91 Å². The second kappa shape index (κ2) is 7.07. The van der Waals surface area contributed by atoms with E-state index in [-0.39, 0.29) is 5.91 Å². The molecule has 2 aromatic heterocycles. The predicted molar refractivity (Wildman–Crippen MR) is 108 cm³/mol. The van der Waals surface area contributed by atoms with E-state index < -0.39 is 0 Å². The third-order valence-electron chi connectivity index (χ3n) is 5.43. The number of carbonyl (C=O) groups is 1. The van der Waals surface area contributed by atoms with Crippen molar-refractivity contribution < 1.29 is 4.79 Å². The average Bonchev–Trinajstić information content (AvgIpc) is 3.25. The minimum Gasteiger partial charge on any atom is -0.371 e. The monoisotopic (exact) mass is 374 g/mol. The number of benzene rings is 1. The van der Waals surface area contributed by atoms with E-state index in [2.05, 4.69) is 38.4 Å². The van der Waals surface area contributed by atoms with E-state index in [0.29, 0.717) is 11.2 Å². The Kier molecular flexibility index (Phi) is 4.27. The SMILES string of the molecule is O=C(N=c1nc2cc(N3CCCCC3)ccc2c2n1CCN2)c1cccnc1. The van der Waals surface area contributed by atoms with Gasteiger partial charge >= 0.3 is 0 Å². The third-order valence-corrected chi connectivity index (χ3v) is 5.43. The highest BCUT2D eigenvalue weighted by atomic mass is 16.1. The molecular weight excluding hydrogens is 352 g/mol. The van der Waals surface area contributed by atoms with E-state index in [0.717, 1.165) is 42.9 Å². The molecule has 0 radical (unpaired) electrons. The first kappa shape index (κ1) is 16.9. The molecule has 142 valence electrons. The van der Waals surface area contributed by atoms with Crippen molar-refractivity contribution in [2.24, 2.45) is 4.99 Å². The van der Waals surface area contributed by atoms with Crippen LogP contribution in [0.2, 0.25) is 0 Å². The number of pyridine rings is 1. The Hall–Kier alpha value is -3.22. The highest BCUT2D eigenvalue weighted by Crippen LogP contribution is 2.28. The first-order chi connectivity index (χ1) is 13.8. The zero-order valence-electron chi connectivity index (χ0n) is 15.6. The van der Waals surface area contributed by atoms with E-state index >= 15 is 0 Å². The van der Waals surface area contributed by atoms with Gasteiger partial charge in [0, 0.05) is 49.6 Å². The van der Waals surface area contributed by atoms with Crippen LogP contribution in [0.5, 0.6) is 0 Å². The summed E-state index contributed by atoms with van der Waals surface area (Å²) >= 11 is 0. The van der Waals surface area contributed by atoms with Gasteiger partial charge in [-0.3, -0.25) is 14.3 Å². The van der Waals surface area contributed by atoms with Crippen LogP contribution < -0.4 is 15.8 Å². The lowest BCUT2D eigenvalue weighted by atomic mass is 10.1. The number of nitrogens with zero attached hydrogens (tertiary/aromatic N) is 5. The summed E-state index contributed by atoms with van der Waals surface area (Å²) in [6.07, 6.45) is 6.93. The minimum atomic E-state index is -0.325. The number of rotatable bonds is 2. The van der Waals surface area contributed by atoms with Gasteiger partial charge in [0.05, 0.1) is 11.1 Å². The summed E-state index contributed by atoms with van der Waals surface area (Å²) in [4.78, 5) is 28.1. The molecule has 7 heteroatoms. The molecule has 1 N–H and O–H groups in total. The molecule has 1 saturated heterocycles. The Balaban J connectivity index is 1.62. The summed E-state index contributed by atoms with van der Waals surface area (Å²) in [5.74, 6) is 0.654. The largest absolute Gasteiger partial charge is 0.371 e. The highest BCUT2D eigenvalue weighted by Gasteiger charge is 2.18. The van der Waals surface area contributed by atoms with Crippen LogP contribution in [0.4, 0.5) is 11.5 Å². The van der Waals surface area contributed by atoms with Crippen molar-refractivity contribution in [1.82, 2.24) is 14.5 Å². The van der Waals surface area contributed by atoms with Crippen molar-refractivity contribution >= 4 is 28.3 Å². The average molecular weight is 374 g/mol. The minimum absolute atomic E-state index is 0.325. The van der Waals surface area contributed by atoms with Gasteiger partial charge in [0.2, 0.25) is 5.62 Å². The summed E-state index contributed by atoms with van der Waals surface area (Å²) in [7, 11) is 0. The smallest absolute Gasteiger partial charge is 0.281 e. The standard InChI is InChI=1S/C21H22N6O/c28-20(15-5-4-8-22-14-15)25-21-24-18-13-16(26-10-2-1-3-11-26)6-7-17(18)19-23-9-12-27(19)21/h4-8,13-14,23H,1-3,9-12H2. The Morgan fingerprint density at radius 1 is 1.11 bits per heavy atom. The maximum Gasteiger partial charge on any atom is 0.281 e. The van der Waals surface area contributed by atoms with Gasteiger partial charge in [-0.1, -0.05) is 0 Å². The van der Waals surface area contributed by atoms with E-state index in [1.54, 1.807) is 18.3 Å². The topological polar surface area (TPSA) is 75.4 Å². The number of nitrogens with one attached hydrogen (secondary N) is 1. The van der Waals surface area contributed by atoms with Gasteiger partial charge in [-0.05, 0) is 49.6 Å². The van der Waals surface area contributed by atoms with Crippen molar-refractivity contribution in [1.29, 1.82) is 0 Å². The van der Waals surface area contributed by atoms with Gasteiger partial charge in [-0.2, -0.15) is 4.99 Å². The van der Waals surface area contributed by atoms with Crippen LogP contribution in [0.1, 0.15) is 29.6 Å². The molecule has 0 aliphatic carbocycles. The van der Waals surface area contributed by atoms with E-state index in [9.17, 15) is 4.79 Å². The molecule has 3 aromatic rings. The van der Waals surface area contributed by atoms with Gasteiger partial charge in [0.15, 0.2) is 0 Å². The first-order valence-corrected chi connectivity index (χ1v) is 9.82. The molecule has 1 amide bonds. The van der Waals surface area contributed by atoms with Gasteiger partial charge < -0.3 is 10.2 Å². The maximum atomic E-state index is 12.6. The van der Waals surface area contributed by atoms with Crippen LogP contribution in [0.25, 0.3) is 10.9 Å². The van der Waals surface area contributed by atoms with Gasteiger partial charge in [0.1, 0.15) is 5.82 Å². The highest BCUT2D eigenvalue weighted by molar-refractivity contribution is 5.95. The van der Waals surface area contributed by atoms with E-state index in [1.807, 2.05) is 4.57 Å². The third kappa shape index (κ3) is 3.02. The summed E-state index contributed by atoms with van der Waals surface area (Å²) in [5, 5.41) is 4.48. The second-order valence-electron chi connectivity index (χ2n) is 7.25. The lowest BCUT2D eigenvalue weighted by molar-refractivity contribution is 0.0996. The van der Waals surface area contributed by atoms with Crippen molar-refractivity contribution in [2.75, 3.05) is 29.9 Å². The lowest BCUT2D eigenvalue weighted by Crippen LogP contribution is -2.29. The molecule has 0 unspecified atom stereocenters. The van der Waals surface area contributed by atoms with E-state index in [4.69, 9.17) is 4.98 Å². The molecule has 7 nitrogen and oxygen atoms in total. The quantitative estimate of drug-likeness (QED) is 0.746. The molecule has 2 aliphatic heterocycles. The van der Waals surface area contributed by atoms with E-state index in [1.165, 1.54) is 31.1 Å². The van der Waals surface area contributed by atoms with Crippen molar-refractivity contribution in [3.8, 4) is 0 Å². The number of fused-ring (bicyclic) bond motifs is 3. The van der Waals surface area contributed by atoms with Crippen LogP contribution in [0, 0.1) is 0 Å².